The highest BCUT2D eigenvalue weighted by molar-refractivity contribution is 6.05. The van der Waals surface area contributed by atoms with Gasteiger partial charge in [0.25, 0.3) is 5.91 Å². The molecular weight excluding hydrogens is 390 g/mol. The summed E-state index contributed by atoms with van der Waals surface area (Å²) in [5, 5.41) is 2.92. The number of carbonyl (C=O) groups excluding carboxylic acids is 2. The van der Waals surface area contributed by atoms with E-state index in [0.29, 0.717) is 17.0 Å². The zero-order chi connectivity index (χ0) is 21.6. The van der Waals surface area contributed by atoms with Gasteiger partial charge in [0, 0.05) is 18.7 Å². The third-order valence-corrected chi connectivity index (χ3v) is 6.27. The van der Waals surface area contributed by atoms with Crippen molar-refractivity contribution < 1.29 is 14.3 Å². The number of β-lactam (4-membered cyclic amide) rings is 1. The Morgan fingerprint density at radius 3 is 2.55 bits per heavy atom. The van der Waals surface area contributed by atoms with Crippen molar-refractivity contribution in [2.24, 2.45) is 0 Å². The Kier molecular flexibility index (Phi) is 6.87. The number of methoxy groups -OCH3 is 1. The second kappa shape index (κ2) is 9.96. The van der Waals surface area contributed by atoms with Crippen molar-refractivity contribution in [2.45, 2.75) is 31.6 Å². The van der Waals surface area contributed by atoms with Gasteiger partial charge in [-0.25, -0.2) is 0 Å². The van der Waals surface area contributed by atoms with Gasteiger partial charge in [-0.2, -0.15) is 0 Å². The van der Waals surface area contributed by atoms with E-state index in [1.54, 1.807) is 19.2 Å². The number of hydrogen-bond donors (Lipinski definition) is 1. The molecule has 0 radical (unpaired) electrons. The van der Waals surface area contributed by atoms with Crippen molar-refractivity contribution in [1.82, 2.24) is 9.80 Å². The maximum Gasteiger partial charge on any atom is 0.255 e. The molecule has 1 N–H and O–H groups in total. The molecule has 2 heterocycles. The van der Waals surface area contributed by atoms with Crippen LogP contribution >= 0.6 is 0 Å². The van der Waals surface area contributed by atoms with E-state index in [4.69, 9.17) is 4.74 Å². The van der Waals surface area contributed by atoms with Crippen LogP contribution in [0.25, 0.3) is 0 Å². The average molecular weight is 422 g/mol. The molecule has 0 aliphatic carbocycles. The molecule has 31 heavy (non-hydrogen) atoms. The molecule has 2 aliphatic heterocycles. The summed E-state index contributed by atoms with van der Waals surface area (Å²) in [7, 11) is 1.58. The minimum Gasteiger partial charge on any atom is -0.495 e. The first-order valence-electron chi connectivity index (χ1n) is 11.2. The number of ether oxygens (including phenoxy) is 1. The third-order valence-electron chi connectivity index (χ3n) is 6.27. The number of nitrogens with zero attached hydrogens (tertiary/aromatic N) is 2. The molecule has 0 saturated carbocycles. The van der Waals surface area contributed by atoms with Crippen molar-refractivity contribution >= 4 is 17.5 Å². The Balaban J connectivity index is 1.35. The molecule has 4 rings (SSSR count). The number of hydrogen-bond acceptors (Lipinski definition) is 4. The second-order valence-electron chi connectivity index (χ2n) is 8.37. The fraction of sp³-hybridized carbons (Fsp3) is 0.440. The summed E-state index contributed by atoms with van der Waals surface area (Å²) in [4.78, 5) is 29.8. The number of benzene rings is 2. The van der Waals surface area contributed by atoms with E-state index in [1.165, 1.54) is 32.4 Å². The van der Waals surface area contributed by atoms with E-state index in [9.17, 15) is 9.59 Å². The number of rotatable bonds is 8. The van der Waals surface area contributed by atoms with Gasteiger partial charge in [0.05, 0.1) is 18.7 Å². The largest absolute Gasteiger partial charge is 0.495 e. The number of nitrogens with one attached hydrogen (secondary N) is 1. The van der Waals surface area contributed by atoms with Crippen molar-refractivity contribution in [3.63, 3.8) is 0 Å². The molecule has 1 unspecified atom stereocenters. The quantitative estimate of drug-likeness (QED) is 0.660. The van der Waals surface area contributed by atoms with Crippen molar-refractivity contribution in [3.8, 4) is 5.75 Å². The standard InChI is InChI=1S/C25H31N3O3/c1-31-23-12-11-20(17-22(23)26-24(29)19-9-4-2-5-10-19)21-18-28(25(21)30)16-8-15-27-13-6-3-7-14-27/h2,4-5,9-12,17,21H,3,6-8,13-16,18H2,1H3,(H,26,29). The van der Waals surface area contributed by atoms with Crippen molar-refractivity contribution in [3.05, 3.63) is 59.7 Å². The molecule has 0 aromatic heterocycles. The van der Waals surface area contributed by atoms with Crippen LogP contribution in [0, 0.1) is 0 Å². The van der Waals surface area contributed by atoms with E-state index in [-0.39, 0.29) is 17.7 Å². The van der Waals surface area contributed by atoms with Gasteiger partial charge < -0.3 is 19.9 Å². The zero-order valence-corrected chi connectivity index (χ0v) is 18.2. The summed E-state index contributed by atoms with van der Waals surface area (Å²) >= 11 is 0. The molecule has 6 nitrogen and oxygen atoms in total. The lowest BCUT2D eigenvalue weighted by molar-refractivity contribution is -0.142. The van der Waals surface area contributed by atoms with Gasteiger partial charge in [0.1, 0.15) is 5.75 Å². The number of piperidine rings is 1. The minimum absolute atomic E-state index is 0.145. The topological polar surface area (TPSA) is 61.9 Å². The highest BCUT2D eigenvalue weighted by Crippen LogP contribution is 2.34. The smallest absolute Gasteiger partial charge is 0.255 e. The number of likely N-dealkylation sites (tertiary alicyclic amines) is 2. The van der Waals surface area contributed by atoms with Crippen LogP contribution in [-0.4, -0.2) is 61.4 Å². The lowest BCUT2D eigenvalue weighted by atomic mass is 9.89. The first-order chi connectivity index (χ1) is 15.2. The van der Waals surface area contributed by atoms with Gasteiger partial charge in [-0.15, -0.1) is 0 Å². The Hall–Kier alpha value is -2.86. The molecule has 6 heteroatoms. The average Bonchev–Trinajstić information content (AvgIpc) is 2.82. The molecule has 2 aliphatic rings. The first kappa shape index (κ1) is 21.4. The summed E-state index contributed by atoms with van der Waals surface area (Å²) in [6, 6.07) is 14.7. The number of carbonyl (C=O) groups is 2. The predicted octanol–water partition coefficient (Wildman–Crippen LogP) is 3.75. The van der Waals surface area contributed by atoms with E-state index in [0.717, 1.165) is 31.6 Å². The van der Waals surface area contributed by atoms with E-state index in [1.807, 2.05) is 41.3 Å². The van der Waals surface area contributed by atoms with Crippen LogP contribution in [0.4, 0.5) is 5.69 Å². The fourth-order valence-corrected chi connectivity index (χ4v) is 4.44. The molecule has 1 atom stereocenters. The Morgan fingerprint density at radius 1 is 1.06 bits per heavy atom. The summed E-state index contributed by atoms with van der Waals surface area (Å²) in [6.07, 6.45) is 4.97. The first-order valence-corrected chi connectivity index (χ1v) is 11.2. The Labute approximate surface area is 184 Å². The molecule has 164 valence electrons. The van der Waals surface area contributed by atoms with Gasteiger partial charge in [0.15, 0.2) is 0 Å². The summed E-state index contributed by atoms with van der Waals surface area (Å²) < 4.78 is 5.41. The van der Waals surface area contributed by atoms with Gasteiger partial charge in [0.2, 0.25) is 5.91 Å². The predicted molar refractivity (Wildman–Crippen MR) is 122 cm³/mol. The van der Waals surface area contributed by atoms with Crippen LogP contribution in [0.2, 0.25) is 0 Å². The summed E-state index contributed by atoms with van der Waals surface area (Å²) in [6.45, 7) is 5.02. The highest BCUT2D eigenvalue weighted by Gasteiger charge is 2.37. The van der Waals surface area contributed by atoms with Gasteiger partial charge in [-0.3, -0.25) is 9.59 Å². The monoisotopic (exact) mass is 421 g/mol. The molecule has 2 amide bonds. The maximum atomic E-state index is 12.7. The van der Waals surface area contributed by atoms with Gasteiger partial charge in [-0.05, 0) is 68.7 Å². The molecule has 0 spiro atoms. The minimum atomic E-state index is -0.199. The Bertz CT molecular complexity index is 909. The molecule has 0 bridgehead atoms. The number of anilines is 1. The van der Waals surface area contributed by atoms with Crippen LogP contribution in [0.5, 0.6) is 5.75 Å². The Morgan fingerprint density at radius 2 is 1.84 bits per heavy atom. The zero-order valence-electron chi connectivity index (χ0n) is 18.2. The molecule has 2 fully saturated rings. The SMILES string of the molecule is COc1ccc(C2CN(CCCN3CCCCC3)C2=O)cc1NC(=O)c1ccccc1. The summed E-state index contributed by atoms with van der Waals surface area (Å²) in [5.41, 5.74) is 2.08. The molecule has 2 saturated heterocycles. The van der Waals surface area contributed by atoms with Crippen LogP contribution < -0.4 is 10.1 Å². The van der Waals surface area contributed by atoms with Crippen LogP contribution in [-0.2, 0) is 4.79 Å². The highest BCUT2D eigenvalue weighted by atomic mass is 16.5. The number of amides is 2. The maximum absolute atomic E-state index is 12.7. The fourth-order valence-electron chi connectivity index (χ4n) is 4.44. The van der Waals surface area contributed by atoms with Crippen molar-refractivity contribution in [1.29, 1.82) is 0 Å². The normalized spacial score (nSPS) is 19.1. The van der Waals surface area contributed by atoms with Gasteiger partial charge in [-0.1, -0.05) is 30.7 Å². The van der Waals surface area contributed by atoms with Gasteiger partial charge >= 0.3 is 0 Å². The second-order valence-corrected chi connectivity index (χ2v) is 8.37. The third kappa shape index (κ3) is 5.07. The lowest BCUT2D eigenvalue weighted by Crippen LogP contribution is -2.51. The van der Waals surface area contributed by atoms with Crippen LogP contribution in [0.3, 0.4) is 0 Å². The molecule has 2 aromatic carbocycles. The van der Waals surface area contributed by atoms with E-state index >= 15 is 0 Å². The van der Waals surface area contributed by atoms with Crippen LogP contribution in [0.15, 0.2) is 48.5 Å². The van der Waals surface area contributed by atoms with E-state index in [2.05, 4.69) is 10.2 Å². The lowest BCUT2D eigenvalue weighted by Gasteiger charge is -2.39. The summed E-state index contributed by atoms with van der Waals surface area (Å²) in [5.74, 6) is 0.408. The molecule has 2 aromatic rings. The van der Waals surface area contributed by atoms with Crippen LogP contribution in [0.1, 0.15) is 47.5 Å². The van der Waals surface area contributed by atoms with Crippen molar-refractivity contribution in [2.75, 3.05) is 45.2 Å². The van der Waals surface area contributed by atoms with E-state index < -0.39 is 0 Å². The molecular formula is C25H31N3O3.